The van der Waals surface area contributed by atoms with Crippen molar-refractivity contribution >= 4 is 27.5 Å². The smallest absolute Gasteiger partial charge is 0.162 e. The normalized spacial score (nSPS) is 10.7. The molecule has 0 bridgehead atoms. The Morgan fingerprint density at radius 3 is 2.61 bits per heavy atom. The molecule has 4 nitrogen and oxygen atoms in total. The fourth-order valence-corrected chi connectivity index (χ4v) is 3.39. The summed E-state index contributed by atoms with van der Waals surface area (Å²) in [7, 11) is 0. The van der Waals surface area contributed by atoms with Crippen LogP contribution >= 0.6 is 27.5 Å². The van der Waals surface area contributed by atoms with Gasteiger partial charge in [0.25, 0.3) is 0 Å². The molecule has 0 unspecified atom stereocenters. The van der Waals surface area contributed by atoms with E-state index in [9.17, 15) is 0 Å². The van der Waals surface area contributed by atoms with Gasteiger partial charge in [0.15, 0.2) is 11.5 Å². The zero-order valence-electron chi connectivity index (χ0n) is 15.6. The minimum absolute atomic E-state index is 0.421. The van der Waals surface area contributed by atoms with Gasteiger partial charge in [-0.15, -0.1) is 0 Å². The molecule has 0 fully saturated rings. The van der Waals surface area contributed by atoms with E-state index < -0.39 is 0 Å². The standard InChI is InChI=1S/C22H22BrClN2O2/c1-2-27-21-11-17(13-25-14-19-8-3-4-9-26-19)20(23)12-22(21)28-15-16-6-5-7-18(24)10-16/h3-12,25H,2,13-15H2,1H3. The number of hydrogen-bond donors (Lipinski definition) is 1. The van der Waals surface area contributed by atoms with Gasteiger partial charge in [0, 0.05) is 28.8 Å². The lowest BCUT2D eigenvalue weighted by Crippen LogP contribution is -2.14. The lowest BCUT2D eigenvalue weighted by Gasteiger charge is -2.15. The van der Waals surface area contributed by atoms with Gasteiger partial charge in [-0.05, 0) is 54.4 Å². The third kappa shape index (κ3) is 5.96. The predicted molar refractivity (Wildman–Crippen MR) is 116 cm³/mol. The summed E-state index contributed by atoms with van der Waals surface area (Å²) >= 11 is 9.69. The molecule has 28 heavy (non-hydrogen) atoms. The Kier molecular flexibility index (Phi) is 7.71. The average molecular weight is 462 g/mol. The van der Waals surface area contributed by atoms with Gasteiger partial charge < -0.3 is 14.8 Å². The molecule has 0 atom stereocenters. The molecule has 0 aliphatic heterocycles. The van der Waals surface area contributed by atoms with E-state index in [1.54, 1.807) is 6.20 Å². The van der Waals surface area contributed by atoms with Crippen molar-refractivity contribution in [3.63, 3.8) is 0 Å². The van der Waals surface area contributed by atoms with Crippen LogP contribution in [-0.4, -0.2) is 11.6 Å². The van der Waals surface area contributed by atoms with E-state index in [2.05, 4.69) is 26.2 Å². The first-order valence-electron chi connectivity index (χ1n) is 9.08. The number of benzene rings is 2. The highest BCUT2D eigenvalue weighted by atomic mass is 79.9. The van der Waals surface area contributed by atoms with E-state index in [0.717, 1.165) is 27.0 Å². The van der Waals surface area contributed by atoms with Crippen molar-refractivity contribution in [1.82, 2.24) is 10.3 Å². The van der Waals surface area contributed by atoms with Crippen LogP contribution in [0, 0.1) is 0 Å². The number of ether oxygens (including phenoxy) is 2. The highest BCUT2D eigenvalue weighted by Crippen LogP contribution is 2.34. The third-order valence-electron chi connectivity index (χ3n) is 4.04. The van der Waals surface area contributed by atoms with Crippen molar-refractivity contribution in [2.75, 3.05) is 6.61 Å². The number of rotatable bonds is 9. The van der Waals surface area contributed by atoms with E-state index >= 15 is 0 Å². The second kappa shape index (κ2) is 10.5. The van der Waals surface area contributed by atoms with E-state index in [1.807, 2.05) is 61.5 Å². The first-order valence-corrected chi connectivity index (χ1v) is 10.3. The molecular formula is C22H22BrClN2O2. The van der Waals surface area contributed by atoms with Gasteiger partial charge in [0.2, 0.25) is 0 Å². The van der Waals surface area contributed by atoms with Gasteiger partial charge in [-0.1, -0.05) is 45.7 Å². The highest BCUT2D eigenvalue weighted by Gasteiger charge is 2.11. The molecule has 0 saturated heterocycles. The van der Waals surface area contributed by atoms with Crippen LogP contribution < -0.4 is 14.8 Å². The molecule has 0 aliphatic carbocycles. The monoisotopic (exact) mass is 460 g/mol. The maximum Gasteiger partial charge on any atom is 0.162 e. The van der Waals surface area contributed by atoms with Crippen molar-refractivity contribution < 1.29 is 9.47 Å². The second-order valence-corrected chi connectivity index (χ2v) is 7.46. The van der Waals surface area contributed by atoms with Gasteiger partial charge in [0.1, 0.15) is 6.61 Å². The Balaban J connectivity index is 1.68. The molecule has 146 valence electrons. The largest absolute Gasteiger partial charge is 0.490 e. The summed E-state index contributed by atoms with van der Waals surface area (Å²) in [4.78, 5) is 4.32. The second-order valence-electron chi connectivity index (χ2n) is 6.17. The molecule has 1 heterocycles. The van der Waals surface area contributed by atoms with Gasteiger partial charge in [-0.3, -0.25) is 4.98 Å². The first kappa shape index (κ1) is 20.6. The van der Waals surface area contributed by atoms with Crippen LogP contribution in [0.3, 0.4) is 0 Å². The quantitative estimate of drug-likeness (QED) is 0.440. The highest BCUT2D eigenvalue weighted by molar-refractivity contribution is 9.10. The molecule has 0 amide bonds. The van der Waals surface area contributed by atoms with Crippen molar-refractivity contribution in [3.05, 3.63) is 87.1 Å². The number of aromatic nitrogens is 1. The number of halogens is 2. The molecule has 3 aromatic rings. The van der Waals surface area contributed by atoms with Gasteiger partial charge in [0.05, 0.1) is 12.3 Å². The van der Waals surface area contributed by atoms with Crippen molar-refractivity contribution in [1.29, 1.82) is 0 Å². The Labute approximate surface area is 179 Å². The molecule has 1 N–H and O–H groups in total. The predicted octanol–water partition coefficient (Wildman–Crippen LogP) is 5.77. The van der Waals surface area contributed by atoms with Crippen molar-refractivity contribution in [3.8, 4) is 11.5 Å². The molecule has 1 aromatic heterocycles. The van der Waals surface area contributed by atoms with E-state index in [0.29, 0.717) is 37.1 Å². The molecule has 0 aliphatic rings. The zero-order valence-corrected chi connectivity index (χ0v) is 18.0. The van der Waals surface area contributed by atoms with Crippen LogP contribution in [0.25, 0.3) is 0 Å². The first-order chi connectivity index (χ1) is 13.7. The molecule has 0 radical (unpaired) electrons. The lowest BCUT2D eigenvalue weighted by molar-refractivity contribution is 0.269. The molecule has 3 rings (SSSR count). The van der Waals surface area contributed by atoms with Crippen LogP contribution in [0.4, 0.5) is 0 Å². The van der Waals surface area contributed by atoms with Crippen LogP contribution in [0.1, 0.15) is 23.7 Å². The maximum atomic E-state index is 6.05. The number of hydrogen-bond acceptors (Lipinski definition) is 4. The Morgan fingerprint density at radius 2 is 1.86 bits per heavy atom. The average Bonchev–Trinajstić information content (AvgIpc) is 2.70. The summed E-state index contributed by atoms with van der Waals surface area (Å²) < 4.78 is 12.8. The van der Waals surface area contributed by atoms with Gasteiger partial charge >= 0.3 is 0 Å². The van der Waals surface area contributed by atoms with Gasteiger partial charge in [-0.25, -0.2) is 0 Å². The minimum Gasteiger partial charge on any atom is -0.490 e. The van der Waals surface area contributed by atoms with Crippen LogP contribution in [-0.2, 0) is 19.7 Å². The van der Waals surface area contributed by atoms with Crippen molar-refractivity contribution in [2.24, 2.45) is 0 Å². The number of nitrogens with one attached hydrogen (secondary N) is 1. The third-order valence-corrected chi connectivity index (χ3v) is 5.02. The molecular weight excluding hydrogens is 440 g/mol. The van der Waals surface area contributed by atoms with Crippen molar-refractivity contribution in [2.45, 2.75) is 26.6 Å². The summed E-state index contributed by atoms with van der Waals surface area (Å²) in [5.74, 6) is 1.42. The Hall–Kier alpha value is -2.08. The number of pyridine rings is 1. The fourth-order valence-electron chi connectivity index (χ4n) is 2.71. The molecule has 0 saturated carbocycles. The SMILES string of the molecule is CCOc1cc(CNCc2ccccn2)c(Br)cc1OCc1cccc(Cl)c1. The van der Waals surface area contributed by atoms with Crippen LogP contribution in [0.5, 0.6) is 11.5 Å². The van der Waals surface area contributed by atoms with E-state index in [4.69, 9.17) is 21.1 Å². The lowest BCUT2D eigenvalue weighted by atomic mass is 10.2. The summed E-state index contributed by atoms with van der Waals surface area (Å²) in [6, 6.07) is 17.5. The Bertz CT molecular complexity index is 906. The van der Waals surface area contributed by atoms with E-state index in [-0.39, 0.29) is 0 Å². The van der Waals surface area contributed by atoms with Gasteiger partial charge in [-0.2, -0.15) is 0 Å². The fraction of sp³-hybridized carbons (Fsp3) is 0.227. The summed E-state index contributed by atoms with van der Waals surface area (Å²) in [5, 5.41) is 4.10. The minimum atomic E-state index is 0.421. The topological polar surface area (TPSA) is 43.4 Å². The molecule has 2 aromatic carbocycles. The number of nitrogens with zero attached hydrogens (tertiary/aromatic N) is 1. The molecule has 6 heteroatoms. The summed E-state index contributed by atoms with van der Waals surface area (Å²) in [5.41, 5.74) is 3.10. The van der Waals surface area contributed by atoms with E-state index in [1.165, 1.54) is 0 Å². The van der Waals surface area contributed by atoms with Crippen LogP contribution in [0.15, 0.2) is 65.3 Å². The maximum absolute atomic E-state index is 6.05. The Morgan fingerprint density at radius 1 is 1.00 bits per heavy atom. The summed E-state index contributed by atoms with van der Waals surface area (Å²) in [6.07, 6.45) is 1.80. The van der Waals surface area contributed by atoms with Crippen LogP contribution in [0.2, 0.25) is 5.02 Å². The summed E-state index contributed by atoms with van der Waals surface area (Å²) in [6.45, 7) is 4.33. The zero-order chi connectivity index (χ0) is 19.8. The molecule has 0 spiro atoms.